The molecule has 0 saturated carbocycles. The van der Waals surface area contributed by atoms with Gasteiger partial charge in [-0.25, -0.2) is 0 Å². The van der Waals surface area contributed by atoms with E-state index in [0.29, 0.717) is 42.8 Å². The number of halogens is 3. The first-order valence-corrected chi connectivity index (χ1v) is 12.4. The third-order valence-electron chi connectivity index (χ3n) is 5.99. The molecule has 0 spiro atoms. The molecule has 0 unspecified atom stereocenters. The van der Waals surface area contributed by atoms with Gasteiger partial charge in [-0.3, -0.25) is 15.5 Å². The van der Waals surface area contributed by atoms with E-state index < -0.39 is 22.4 Å². The van der Waals surface area contributed by atoms with E-state index in [-0.39, 0.29) is 5.69 Å². The lowest BCUT2D eigenvalue weighted by Crippen LogP contribution is -2.07. The zero-order valence-corrected chi connectivity index (χ0v) is 21.6. The molecule has 40 heavy (non-hydrogen) atoms. The summed E-state index contributed by atoms with van der Waals surface area (Å²) in [5.41, 5.74) is 2.80. The van der Waals surface area contributed by atoms with Gasteiger partial charge in [0.1, 0.15) is 12.3 Å². The van der Waals surface area contributed by atoms with Gasteiger partial charge in [-0.2, -0.15) is 18.3 Å². The van der Waals surface area contributed by atoms with Crippen LogP contribution in [-0.2, 0) is 19.2 Å². The normalized spacial score (nSPS) is 11.5. The third-order valence-corrected chi connectivity index (χ3v) is 5.99. The van der Waals surface area contributed by atoms with E-state index >= 15 is 0 Å². The number of hydrazone groups is 1. The average molecular weight is 550 g/mol. The molecule has 0 bridgehead atoms. The van der Waals surface area contributed by atoms with Crippen molar-refractivity contribution in [2.45, 2.75) is 26.1 Å². The van der Waals surface area contributed by atoms with Crippen molar-refractivity contribution in [2.75, 3.05) is 12.0 Å². The molecule has 206 valence electrons. The number of hydrogen-bond acceptors (Lipinski definition) is 6. The van der Waals surface area contributed by atoms with Gasteiger partial charge in [0.2, 0.25) is 0 Å². The first-order valence-electron chi connectivity index (χ1n) is 12.4. The highest BCUT2D eigenvalue weighted by molar-refractivity contribution is 5.85. The Morgan fingerprint density at radius 3 is 2.52 bits per heavy atom. The molecule has 0 radical (unpaired) electrons. The Morgan fingerprint density at radius 2 is 1.80 bits per heavy atom. The summed E-state index contributed by atoms with van der Waals surface area (Å²) < 4.78 is 51.1. The molecule has 0 aliphatic rings. The Hall–Kier alpha value is -4.86. The van der Waals surface area contributed by atoms with Crippen molar-refractivity contribution < 1.29 is 27.6 Å². The van der Waals surface area contributed by atoms with E-state index in [1.165, 1.54) is 6.21 Å². The van der Waals surface area contributed by atoms with Gasteiger partial charge in [0.05, 0.1) is 23.3 Å². The molecule has 7 nitrogen and oxygen atoms in total. The van der Waals surface area contributed by atoms with Crippen molar-refractivity contribution in [2.24, 2.45) is 5.10 Å². The second kappa shape index (κ2) is 12.3. The van der Waals surface area contributed by atoms with Gasteiger partial charge in [0.15, 0.2) is 11.5 Å². The van der Waals surface area contributed by atoms with Crippen molar-refractivity contribution >= 4 is 28.4 Å². The maximum atomic E-state index is 13.0. The number of anilines is 1. The molecule has 0 atom stereocenters. The van der Waals surface area contributed by atoms with Crippen LogP contribution in [0, 0.1) is 10.1 Å². The van der Waals surface area contributed by atoms with Crippen LogP contribution in [0.25, 0.3) is 10.8 Å². The highest BCUT2D eigenvalue weighted by atomic mass is 19.4. The average Bonchev–Trinajstić information content (AvgIpc) is 2.92. The molecule has 0 fully saturated rings. The quantitative estimate of drug-likeness (QED) is 0.0889. The smallest absolute Gasteiger partial charge is 0.416 e. The third kappa shape index (κ3) is 6.58. The summed E-state index contributed by atoms with van der Waals surface area (Å²) in [7, 11) is 0. The molecular weight excluding hydrogens is 523 g/mol. The fraction of sp³-hybridized carbons (Fsp3) is 0.167. The summed E-state index contributed by atoms with van der Waals surface area (Å²) in [6.45, 7) is 6.34. The molecule has 0 aromatic heterocycles. The minimum Gasteiger partial charge on any atom is -0.490 e. The second-order valence-corrected chi connectivity index (χ2v) is 8.72. The summed E-state index contributed by atoms with van der Waals surface area (Å²) in [5.74, 6) is 1.03. The standard InChI is InChI=1S/C30H26F3N3O4/c1-3-8-22-15-20(18-34-35-26-14-13-24(30(31,32)33)17-27(26)36(37)38)16-28(39-4-2)29(22)40-19-23-11-7-10-21-9-5-6-12-25(21)23/h3,5-7,9-18,35H,1,4,8,19H2,2H3/b34-18-. The minimum atomic E-state index is -4.71. The molecule has 4 aromatic carbocycles. The fourth-order valence-electron chi connectivity index (χ4n) is 4.19. The molecule has 4 aromatic rings. The maximum Gasteiger partial charge on any atom is 0.416 e. The Morgan fingerprint density at radius 1 is 1.02 bits per heavy atom. The molecule has 4 rings (SSSR count). The van der Waals surface area contributed by atoms with Gasteiger partial charge in [0.25, 0.3) is 5.69 Å². The zero-order valence-electron chi connectivity index (χ0n) is 21.6. The van der Waals surface area contributed by atoms with Crippen molar-refractivity contribution in [1.29, 1.82) is 0 Å². The number of nitro benzene ring substituents is 1. The summed E-state index contributed by atoms with van der Waals surface area (Å²) in [4.78, 5) is 10.4. The van der Waals surface area contributed by atoms with E-state index in [9.17, 15) is 23.3 Å². The number of nitro groups is 1. The lowest BCUT2D eigenvalue weighted by Gasteiger charge is -2.17. The first kappa shape index (κ1) is 28.2. The maximum absolute atomic E-state index is 13.0. The van der Waals surface area contributed by atoms with Gasteiger partial charge in [-0.05, 0) is 59.5 Å². The lowest BCUT2D eigenvalue weighted by molar-refractivity contribution is -0.384. The van der Waals surface area contributed by atoms with Gasteiger partial charge in [0, 0.05) is 11.6 Å². The van der Waals surface area contributed by atoms with E-state index in [4.69, 9.17) is 9.47 Å². The number of alkyl halides is 3. The van der Waals surface area contributed by atoms with Gasteiger partial charge in [-0.1, -0.05) is 48.5 Å². The number of benzene rings is 4. The van der Waals surface area contributed by atoms with Crippen LogP contribution in [0.15, 0.2) is 90.6 Å². The predicted molar refractivity (Wildman–Crippen MR) is 149 cm³/mol. The second-order valence-electron chi connectivity index (χ2n) is 8.72. The number of fused-ring (bicyclic) bond motifs is 1. The predicted octanol–water partition coefficient (Wildman–Crippen LogP) is 7.92. The van der Waals surface area contributed by atoms with Crippen molar-refractivity contribution in [1.82, 2.24) is 0 Å². The summed E-state index contributed by atoms with van der Waals surface area (Å²) in [5, 5.41) is 17.6. The van der Waals surface area contributed by atoms with E-state index in [0.717, 1.165) is 34.0 Å². The number of rotatable bonds is 11. The molecule has 0 amide bonds. The van der Waals surface area contributed by atoms with Crippen LogP contribution >= 0.6 is 0 Å². The van der Waals surface area contributed by atoms with Gasteiger partial charge in [-0.15, -0.1) is 6.58 Å². The van der Waals surface area contributed by atoms with Crippen molar-refractivity contribution in [3.63, 3.8) is 0 Å². The Kier molecular flexibility index (Phi) is 8.68. The molecule has 0 saturated heterocycles. The highest BCUT2D eigenvalue weighted by Gasteiger charge is 2.33. The number of ether oxygens (including phenoxy) is 2. The minimum absolute atomic E-state index is 0.180. The van der Waals surface area contributed by atoms with E-state index in [1.54, 1.807) is 12.1 Å². The lowest BCUT2D eigenvalue weighted by atomic mass is 10.0. The molecule has 0 aliphatic heterocycles. The van der Waals surface area contributed by atoms with E-state index in [1.807, 2.05) is 55.5 Å². The summed E-state index contributed by atoms with van der Waals surface area (Å²) >= 11 is 0. The molecule has 10 heteroatoms. The topological polar surface area (TPSA) is 86.0 Å². The van der Waals surface area contributed by atoms with Gasteiger partial charge >= 0.3 is 6.18 Å². The van der Waals surface area contributed by atoms with Crippen LogP contribution in [-0.4, -0.2) is 17.7 Å². The molecule has 0 heterocycles. The van der Waals surface area contributed by atoms with Crippen LogP contribution in [0.4, 0.5) is 24.5 Å². The van der Waals surface area contributed by atoms with Crippen molar-refractivity contribution in [3.05, 3.63) is 118 Å². The number of allylic oxidation sites excluding steroid dienone is 1. The first-order chi connectivity index (χ1) is 19.2. The zero-order chi connectivity index (χ0) is 28.7. The molecular formula is C30H26F3N3O4. The Labute approximate surface area is 228 Å². The van der Waals surface area contributed by atoms with Crippen LogP contribution in [0.3, 0.4) is 0 Å². The summed E-state index contributed by atoms with van der Waals surface area (Å²) in [6, 6.07) is 19.8. The Bertz CT molecular complexity index is 1560. The van der Waals surface area contributed by atoms with Crippen LogP contribution in [0.1, 0.15) is 29.2 Å². The van der Waals surface area contributed by atoms with Crippen molar-refractivity contribution in [3.8, 4) is 11.5 Å². The van der Waals surface area contributed by atoms with Crippen LogP contribution in [0.2, 0.25) is 0 Å². The number of nitrogens with zero attached hydrogens (tertiary/aromatic N) is 2. The van der Waals surface area contributed by atoms with E-state index in [2.05, 4.69) is 17.1 Å². The number of nitrogens with one attached hydrogen (secondary N) is 1. The monoisotopic (exact) mass is 549 g/mol. The highest BCUT2D eigenvalue weighted by Crippen LogP contribution is 2.36. The largest absolute Gasteiger partial charge is 0.490 e. The molecule has 1 N–H and O–H groups in total. The van der Waals surface area contributed by atoms with Gasteiger partial charge < -0.3 is 9.47 Å². The SMILES string of the molecule is C=CCc1cc(/C=N\Nc2ccc(C(F)(F)F)cc2[N+](=O)[O-])cc(OCC)c1OCc1cccc2ccccc12. The molecule has 0 aliphatic carbocycles. The fourth-order valence-corrected chi connectivity index (χ4v) is 4.19. The Balaban J connectivity index is 1.61. The van der Waals surface area contributed by atoms with Crippen LogP contribution < -0.4 is 14.9 Å². The van der Waals surface area contributed by atoms with Crippen LogP contribution in [0.5, 0.6) is 11.5 Å². The number of hydrogen-bond donors (Lipinski definition) is 1. The summed E-state index contributed by atoms with van der Waals surface area (Å²) in [6.07, 6.45) is -1.13.